The fraction of sp³-hybridized carbons (Fsp3) is 0.500. The number of carbonyl (C=O) groups excluding carboxylic acids is 1. The molecule has 1 aliphatic heterocycles. The summed E-state index contributed by atoms with van der Waals surface area (Å²) in [5.74, 6) is -0.0741. The van der Waals surface area contributed by atoms with E-state index in [-0.39, 0.29) is 11.9 Å². The van der Waals surface area contributed by atoms with Gasteiger partial charge in [-0.1, -0.05) is 11.6 Å². The standard InChI is InChI=1S/C12H15ClN2O2/c1-15(9-3-6-17-7-4-9)12(16)10-8-14-5-2-11(10)13/h2,5,8-9H,3-4,6-7H2,1H3. The zero-order chi connectivity index (χ0) is 12.3. The van der Waals surface area contributed by atoms with Crippen molar-refractivity contribution in [2.24, 2.45) is 0 Å². The molecule has 5 heteroatoms. The predicted molar refractivity (Wildman–Crippen MR) is 65.2 cm³/mol. The molecule has 2 heterocycles. The van der Waals surface area contributed by atoms with Crippen LogP contribution in [0.5, 0.6) is 0 Å². The molecule has 0 atom stereocenters. The molecule has 1 aliphatic rings. The number of amides is 1. The fourth-order valence-electron chi connectivity index (χ4n) is 1.96. The van der Waals surface area contributed by atoms with Gasteiger partial charge >= 0.3 is 0 Å². The lowest BCUT2D eigenvalue weighted by molar-refractivity contribution is 0.0362. The monoisotopic (exact) mass is 254 g/mol. The Kier molecular flexibility index (Phi) is 3.97. The van der Waals surface area contributed by atoms with Crippen LogP contribution in [0, 0.1) is 0 Å². The lowest BCUT2D eigenvalue weighted by Gasteiger charge is -2.31. The first-order valence-corrected chi connectivity index (χ1v) is 6.02. The third kappa shape index (κ3) is 2.76. The molecule has 1 amide bonds. The number of hydrogen-bond acceptors (Lipinski definition) is 3. The summed E-state index contributed by atoms with van der Waals surface area (Å²) in [5, 5.41) is 0.448. The van der Waals surface area contributed by atoms with E-state index in [1.807, 2.05) is 7.05 Å². The van der Waals surface area contributed by atoms with E-state index in [0.29, 0.717) is 23.8 Å². The van der Waals surface area contributed by atoms with Gasteiger partial charge in [0.15, 0.2) is 0 Å². The molecule has 2 rings (SSSR count). The van der Waals surface area contributed by atoms with Crippen LogP contribution in [-0.2, 0) is 4.74 Å². The molecule has 92 valence electrons. The quantitative estimate of drug-likeness (QED) is 0.811. The summed E-state index contributed by atoms with van der Waals surface area (Å²) in [6.45, 7) is 1.42. The normalized spacial score (nSPS) is 16.8. The van der Waals surface area contributed by atoms with Crippen molar-refractivity contribution < 1.29 is 9.53 Å². The highest BCUT2D eigenvalue weighted by Crippen LogP contribution is 2.19. The Morgan fingerprint density at radius 3 is 2.88 bits per heavy atom. The fourth-order valence-corrected chi connectivity index (χ4v) is 2.15. The highest BCUT2D eigenvalue weighted by atomic mass is 35.5. The molecule has 1 saturated heterocycles. The van der Waals surface area contributed by atoms with Crippen molar-refractivity contribution in [1.29, 1.82) is 0 Å². The van der Waals surface area contributed by atoms with Crippen LogP contribution >= 0.6 is 11.6 Å². The summed E-state index contributed by atoms with van der Waals surface area (Å²) in [5.41, 5.74) is 0.461. The van der Waals surface area contributed by atoms with Crippen LogP contribution < -0.4 is 0 Å². The van der Waals surface area contributed by atoms with E-state index < -0.39 is 0 Å². The van der Waals surface area contributed by atoms with Crippen molar-refractivity contribution >= 4 is 17.5 Å². The molecular weight excluding hydrogens is 240 g/mol. The Bertz CT molecular complexity index is 405. The molecule has 0 saturated carbocycles. The summed E-state index contributed by atoms with van der Waals surface area (Å²) in [6.07, 6.45) is 4.84. The van der Waals surface area contributed by atoms with Gasteiger partial charge < -0.3 is 9.64 Å². The van der Waals surface area contributed by atoms with Crippen LogP contribution in [0.3, 0.4) is 0 Å². The first kappa shape index (κ1) is 12.3. The second kappa shape index (κ2) is 5.47. The van der Waals surface area contributed by atoms with E-state index in [1.165, 1.54) is 6.20 Å². The summed E-state index contributed by atoms with van der Waals surface area (Å²) >= 11 is 5.99. The van der Waals surface area contributed by atoms with Gasteiger partial charge in [-0.3, -0.25) is 9.78 Å². The third-order valence-corrected chi connectivity index (χ3v) is 3.39. The maximum absolute atomic E-state index is 12.2. The zero-order valence-electron chi connectivity index (χ0n) is 9.73. The van der Waals surface area contributed by atoms with Gasteiger partial charge in [0, 0.05) is 38.7 Å². The first-order chi connectivity index (χ1) is 8.20. The van der Waals surface area contributed by atoms with Crippen LogP contribution in [0.15, 0.2) is 18.5 Å². The third-order valence-electron chi connectivity index (χ3n) is 3.06. The smallest absolute Gasteiger partial charge is 0.256 e. The number of ether oxygens (including phenoxy) is 1. The number of nitrogens with zero attached hydrogens (tertiary/aromatic N) is 2. The number of carbonyl (C=O) groups is 1. The van der Waals surface area contributed by atoms with E-state index in [4.69, 9.17) is 16.3 Å². The maximum atomic E-state index is 12.2. The van der Waals surface area contributed by atoms with Gasteiger partial charge in [-0.15, -0.1) is 0 Å². The Morgan fingerprint density at radius 1 is 1.53 bits per heavy atom. The molecule has 0 aliphatic carbocycles. The minimum Gasteiger partial charge on any atom is -0.381 e. The lowest BCUT2D eigenvalue weighted by Crippen LogP contribution is -2.40. The van der Waals surface area contributed by atoms with Crippen molar-refractivity contribution in [3.05, 3.63) is 29.0 Å². The lowest BCUT2D eigenvalue weighted by atomic mass is 10.1. The summed E-state index contributed by atoms with van der Waals surface area (Å²) < 4.78 is 5.28. The molecule has 1 fully saturated rings. The molecule has 17 heavy (non-hydrogen) atoms. The number of halogens is 1. The second-order valence-electron chi connectivity index (χ2n) is 4.12. The van der Waals surface area contributed by atoms with Crippen LogP contribution in [0.2, 0.25) is 5.02 Å². The van der Waals surface area contributed by atoms with Crippen molar-refractivity contribution in [3.63, 3.8) is 0 Å². The number of aromatic nitrogens is 1. The van der Waals surface area contributed by atoms with E-state index in [1.54, 1.807) is 17.2 Å². The van der Waals surface area contributed by atoms with Gasteiger partial charge in [0.2, 0.25) is 0 Å². The molecule has 1 aromatic rings. The Morgan fingerprint density at radius 2 is 2.24 bits per heavy atom. The van der Waals surface area contributed by atoms with Gasteiger partial charge in [0.25, 0.3) is 5.91 Å². The van der Waals surface area contributed by atoms with Crippen molar-refractivity contribution in [3.8, 4) is 0 Å². The minimum atomic E-state index is -0.0741. The molecule has 0 N–H and O–H groups in total. The van der Waals surface area contributed by atoms with Gasteiger partial charge in [0.1, 0.15) is 0 Å². The van der Waals surface area contributed by atoms with Crippen molar-refractivity contribution in [2.75, 3.05) is 20.3 Å². The zero-order valence-corrected chi connectivity index (χ0v) is 10.5. The van der Waals surface area contributed by atoms with Crippen LogP contribution in [0.4, 0.5) is 0 Å². The average Bonchev–Trinajstić information content (AvgIpc) is 2.39. The topological polar surface area (TPSA) is 42.4 Å². The van der Waals surface area contributed by atoms with Crippen LogP contribution in [0.1, 0.15) is 23.2 Å². The Balaban J connectivity index is 2.11. The van der Waals surface area contributed by atoms with E-state index in [2.05, 4.69) is 4.98 Å². The highest BCUT2D eigenvalue weighted by molar-refractivity contribution is 6.33. The summed E-state index contributed by atoms with van der Waals surface area (Å²) in [6, 6.07) is 1.86. The van der Waals surface area contributed by atoms with E-state index in [0.717, 1.165) is 12.8 Å². The second-order valence-corrected chi connectivity index (χ2v) is 4.52. The van der Waals surface area contributed by atoms with Crippen LogP contribution in [-0.4, -0.2) is 42.1 Å². The molecule has 1 aromatic heterocycles. The molecule has 0 aromatic carbocycles. The largest absolute Gasteiger partial charge is 0.381 e. The Hall–Kier alpha value is -1.13. The molecule has 4 nitrogen and oxygen atoms in total. The van der Waals surface area contributed by atoms with Crippen molar-refractivity contribution in [1.82, 2.24) is 9.88 Å². The molecule has 0 bridgehead atoms. The predicted octanol–water partition coefficient (Wildman–Crippen LogP) is 1.99. The van der Waals surface area contributed by atoms with Crippen molar-refractivity contribution in [2.45, 2.75) is 18.9 Å². The van der Waals surface area contributed by atoms with E-state index in [9.17, 15) is 4.79 Å². The van der Waals surface area contributed by atoms with E-state index >= 15 is 0 Å². The SMILES string of the molecule is CN(C(=O)c1cnccc1Cl)C1CCOCC1. The highest BCUT2D eigenvalue weighted by Gasteiger charge is 2.24. The summed E-state index contributed by atoms with van der Waals surface area (Å²) in [4.78, 5) is 17.9. The Labute approximate surface area is 106 Å². The van der Waals surface area contributed by atoms with Gasteiger partial charge in [0.05, 0.1) is 10.6 Å². The number of hydrogen-bond donors (Lipinski definition) is 0. The molecule has 0 unspecified atom stereocenters. The number of pyridine rings is 1. The summed E-state index contributed by atoms with van der Waals surface area (Å²) in [7, 11) is 1.81. The van der Waals surface area contributed by atoms with Gasteiger partial charge in [-0.2, -0.15) is 0 Å². The number of rotatable bonds is 2. The maximum Gasteiger partial charge on any atom is 0.256 e. The molecular formula is C12H15ClN2O2. The first-order valence-electron chi connectivity index (χ1n) is 5.64. The average molecular weight is 255 g/mol. The molecule has 0 radical (unpaired) electrons. The molecule has 0 spiro atoms. The van der Waals surface area contributed by atoms with Gasteiger partial charge in [-0.05, 0) is 18.9 Å². The minimum absolute atomic E-state index is 0.0741. The van der Waals surface area contributed by atoms with Gasteiger partial charge in [-0.25, -0.2) is 0 Å². The van der Waals surface area contributed by atoms with Crippen LogP contribution in [0.25, 0.3) is 0 Å².